The van der Waals surface area contributed by atoms with Gasteiger partial charge in [0.2, 0.25) is 0 Å². The number of unbranched alkanes of at least 4 members (excludes halogenated alkanes) is 1. The number of nitrogens with zero attached hydrogens (tertiary/aromatic N) is 2. The summed E-state index contributed by atoms with van der Waals surface area (Å²) in [5.41, 5.74) is 2.43. The maximum absolute atomic E-state index is 14.8. The van der Waals surface area contributed by atoms with E-state index >= 15 is 0 Å². The predicted molar refractivity (Wildman–Crippen MR) is 131 cm³/mol. The minimum atomic E-state index is -0.245. The van der Waals surface area contributed by atoms with Gasteiger partial charge < -0.3 is 20.9 Å². The molecule has 1 heterocycles. The molecule has 3 N–H and O–H groups in total. The van der Waals surface area contributed by atoms with E-state index < -0.39 is 0 Å². The largest absolute Gasteiger partial charge is 0.337 e. The fourth-order valence-electron chi connectivity index (χ4n) is 3.44. The average molecular weight is 428 g/mol. The van der Waals surface area contributed by atoms with E-state index in [0.717, 1.165) is 74.7 Å². The van der Waals surface area contributed by atoms with Crippen LogP contribution in [-0.4, -0.2) is 50.5 Å². The lowest BCUT2D eigenvalue weighted by atomic mass is 9.99. The molecule has 0 amide bonds. The van der Waals surface area contributed by atoms with Crippen LogP contribution in [0.1, 0.15) is 44.2 Å². The number of hydrogen-bond acceptors (Lipinski definition) is 4. The molecule has 0 aromatic heterocycles. The van der Waals surface area contributed by atoms with Crippen LogP contribution in [0, 0.1) is 5.82 Å². The van der Waals surface area contributed by atoms with Crippen molar-refractivity contribution in [2.45, 2.75) is 39.5 Å². The van der Waals surface area contributed by atoms with E-state index in [1.165, 1.54) is 0 Å². The van der Waals surface area contributed by atoms with Gasteiger partial charge in [0.05, 0.1) is 6.54 Å². The quantitative estimate of drug-likeness (QED) is 0.416. The highest BCUT2D eigenvalue weighted by Gasteiger charge is 2.18. The number of aryl methyl sites for hydroxylation is 1. The van der Waals surface area contributed by atoms with E-state index in [9.17, 15) is 4.39 Å². The summed E-state index contributed by atoms with van der Waals surface area (Å²) in [7, 11) is 1.93. The maximum atomic E-state index is 14.8. The lowest BCUT2D eigenvalue weighted by Crippen LogP contribution is -2.35. The van der Waals surface area contributed by atoms with Crippen molar-refractivity contribution in [2.75, 3.05) is 39.8 Å². The molecule has 0 atom stereocenters. The molecule has 1 aromatic carbocycles. The van der Waals surface area contributed by atoms with Crippen molar-refractivity contribution in [2.24, 2.45) is 4.99 Å². The number of halogens is 1. The van der Waals surface area contributed by atoms with Crippen LogP contribution < -0.4 is 16.0 Å². The highest BCUT2D eigenvalue weighted by atomic mass is 19.1. The zero-order valence-corrected chi connectivity index (χ0v) is 19.3. The van der Waals surface area contributed by atoms with E-state index in [1.807, 2.05) is 36.4 Å². The predicted octanol–water partition coefficient (Wildman–Crippen LogP) is 4.06. The third kappa shape index (κ3) is 7.96. The molecule has 2 rings (SSSR count). The number of nitrogens with one attached hydrogen (secondary N) is 3. The molecule has 31 heavy (non-hydrogen) atoms. The Labute approximate surface area is 187 Å². The van der Waals surface area contributed by atoms with E-state index in [-0.39, 0.29) is 5.82 Å². The van der Waals surface area contributed by atoms with Crippen LogP contribution in [0.25, 0.3) is 5.57 Å². The Morgan fingerprint density at radius 2 is 2.03 bits per heavy atom. The van der Waals surface area contributed by atoms with E-state index in [0.29, 0.717) is 12.1 Å². The SMILES string of the molecule is C=C/C(=C1/NC(=NCCNCCC)C=CN1C)c1cc(CCCCNCC)ccc1F. The summed E-state index contributed by atoms with van der Waals surface area (Å²) in [6, 6.07) is 5.39. The van der Waals surface area contributed by atoms with Gasteiger partial charge in [-0.25, -0.2) is 4.39 Å². The Kier molecular flexibility index (Phi) is 11.0. The van der Waals surface area contributed by atoms with Crippen molar-refractivity contribution in [3.05, 3.63) is 65.9 Å². The third-order valence-electron chi connectivity index (χ3n) is 5.15. The van der Waals surface area contributed by atoms with Crippen molar-refractivity contribution in [1.29, 1.82) is 0 Å². The van der Waals surface area contributed by atoms with Gasteiger partial charge in [-0.1, -0.05) is 32.6 Å². The van der Waals surface area contributed by atoms with Crippen molar-refractivity contribution in [3.63, 3.8) is 0 Å². The molecule has 0 saturated carbocycles. The number of hydrogen-bond donors (Lipinski definition) is 3. The molecule has 0 saturated heterocycles. The summed E-state index contributed by atoms with van der Waals surface area (Å²) < 4.78 is 14.8. The molecule has 0 radical (unpaired) electrons. The van der Waals surface area contributed by atoms with Crippen molar-refractivity contribution in [1.82, 2.24) is 20.9 Å². The van der Waals surface area contributed by atoms with Gasteiger partial charge in [-0.15, -0.1) is 0 Å². The minimum absolute atomic E-state index is 0.245. The summed E-state index contributed by atoms with van der Waals surface area (Å²) in [6.07, 6.45) is 9.80. The summed E-state index contributed by atoms with van der Waals surface area (Å²) in [4.78, 5) is 6.55. The lowest BCUT2D eigenvalue weighted by Gasteiger charge is -2.27. The van der Waals surface area contributed by atoms with Gasteiger partial charge in [-0.05, 0) is 69.1 Å². The van der Waals surface area contributed by atoms with Crippen molar-refractivity contribution < 1.29 is 4.39 Å². The molecule has 0 unspecified atom stereocenters. The highest BCUT2D eigenvalue weighted by molar-refractivity contribution is 5.96. The molecular formula is C25H38FN5. The molecule has 0 spiro atoms. The standard InChI is InChI=1S/C25H38FN5/c1-5-14-28-16-17-29-24-13-18-31(4)25(30-24)21(6-2)22-19-20(11-12-23(22)26)10-8-9-15-27-7-3/h6,11-13,18-19,27-28H,2,5,7-10,14-17H2,1,3-4H3,(H,29,30)/b25-21+. The number of aliphatic imine (C=N–C) groups is 1. The molecule has 0 aliphatic carbocycles. The Balaban J connectivity index is 2.18. The summed E-state index contributed by atoms with van der Waals surface area (Å²) >= 11 is 0. The van der Waals surface area contributed by atoms with Gasteiger partial charge in [-0.2, -0.15) is 0 Å². The fourth-order valence-corrected chi connectivity index (χ4v) is 3.44. The molecule has 1 aromatic rings. The molecule has 0 bridgehead atoms. The van der Waals surface area contributed by atoms with E-state index in [4.69, 9.17) is 0 Å². The number of benzene rings is 1. The summed E-state index contributed by atoms with van der Waals surface area (Å²) in [5.74, 6) is 1.30. The van der Waals surface area contributed by atoms with Gasteiger partial charge in [0.1, 0.15) is 17.5 Å². The number of allylic oxidation sites excluding steroid dienone is 2. The lowest BCUT2D eigenvalue weighted by molar-refractivity contribution is 0.533. The topological polar surface area (TPSA) is 51.7 Å². The Bertz CT molecular complexity index is 797. The third-order valence-corrected chi connectivity index (χ3v) is 5.15. The van der Waals surface area contributed by atoms with Crippen LogP contribution in [0.5, 0.6) is 0 Å². The smallest absolute Gasteiger partial charge is 0.131 e. The second kappa shape index (κ2) is 13.8. The van der Waals surface area contributed by atoms with E-state index in [2.05, 4.69) is 41.4 Å². The minimum Gasteiger partial charge on any atom is -0.337 e. The number of amidine groups is 1. The molecule has 170 valence electrons. The van der Waals surface area contributed by atoms with Gasteiger partial charge in [0.25, 0.3) is 0 Å². The Morgan fingerprint density at radius 3 is 2.77 bits per heavy atom. The second-order valence-electron chi connectivity index (χ2n) is 7.66. The van der Waals surface area contributed by atoms with Gasteiger partial charge >= 0.3 is 0 Å². The molecule has 1 aliphatic rings. The molecule has 5 nitrogen and oxygen atoms in total. The van der Waals surface area contributed by atoms with Crippen LogP contribution in [0.15, 0.2) is 53.9 Å². The van der Waals surface area contributed by atoms with Crippen LogP contribution in [-0.2, 0) is 6.42 Å². The normalized spacial score (nSPS) is 16.5. The first kappa shape index (κ1) is 24.8. The summed E-state index contributed by atoms with van der Waals surface area (Å²) in [5, 5.41) is 10.0. The van der Waals surface area contributed by atoms with E-state index in [1.54, 1.807) is 12.1 Å². The van der Waals surface area contributed by atoms with Crippen LogP contribution in [0.2, 0.25) is 0 Å². The Morgan fingerprint density at radius 1 is 1.19 bits per heavy atom. The fraction of sp³-hybridized carbons (Fsp3) is 0.480. The molecular weight excluding hydrogens is 389 g/mol. The van der Waals surface area contributed by atoms with Crippen molar-refractivity contribution >= 4 is 11.4 Å². The monoisotopic (exact) mass is 427 g/mol. The first-order chi connectivity index (χ1) is 15.1. The zero-order valence-electron chi connectivity index (χ0n) is 19.3. The maximum Gasteiger partial charge on any atom is 0.131 e. The van der Waals surface area contributed by atoms with Crippen LogP contribution >= 0.6 is 0 Å². The average Bonchev–Trinajstić information content (AvgIpc) is 2.77. The van der Waals surface area contributed by atoms with Gasteiger partial charge in [-0.3, -0.25) is 4.99 Å². The van der Waals surface area contributed by atoms with Crippen molar-refractivity contribution in [3.8, 4) is 0 Å². The molecule has 0 fully saturated rings. The van der Waals surface area contributed by atoms with Gasteiger partial charge in [0, 0.05) is 30.9 Å². The Hall–Kier alpha value is -2.44. The molecule has 1 aliphatic heterocycles. The van der Waals surface area contributed by atoms with Crippen LogP contribution in [0.4, 0.5) is 4.39 Å². The number of rotatable bonds is 13. The second-order valence-corrected chi connectivity index (χ2v) is 7.66. The first-order valence-corrected chi connectivity index (χ1v) is 11.4. The summed E-state index contributed by atoms with van der Waals surface area (Å²) in [6.45, 7) is 12.7. The highest BCUT2D eigenvalue weighted by Crippen LogP contribution is 2.26. The zero-order chi connectivity index (χ0) is 22.5. The van der Waals surface area contributed by atoms with Gasteiger partial charge in [0.15, 0.2) is 0 Å². The van der Waals surface area contributed by atoms with Crippen LogP contribution in [0.3, 0.4) is 0 Å². The molecule has 6 heteroatoms. The first-order valence-electron chi connectivity index (χ1n) is 11.4.